The minimum Gasteiger partial charge on any atom is -0.507 e. The van der Waals surface area contributed by atoms with Gasteiger partial charge in [-0.15, -0.1) is 29.3 Å². The number of hydrogen-bond acceptors (Lipinski definition) is 3. The number of fused-ring (bicyclic) bond motifs is 1. The number of pyridine rings is 1. The van der Waals surface area contributed by atoms with Crippen molar-refractivity contribution in [2.24, 2.45) is 0 Å². The van der Waals surface area contributed by atoms with Gasteiger partial charge >= 0.3 is 0 Å². The molecule has 1 N–H and O–H groups in total. The van der Waals surface area contributed by atoms with Crippen LogP contribution in [0, 0.1) is 12.9 Å². The number of phenolic OH excluding ortho intramolecular Hbond substituents is 1. The van der Waals surface area contributed by atoms with Crippen LogP contribution in [0.4, 0.5) is 0 Å². The van der Waals surface area contributed by atoms with Crippen molar-refractivity contribution in [1.82, 2.24) is 14.5 Å². The summed E-state index contributed by atoms with van der Waals surface area (Å²) in [5.41, 5.74) is 14.2. The fraction of sp³-hybridized carbons (Fsp3) is 0.236. The van der Waals surface area contributed by atoms with Gasteiger partial charge < -0.3 is 5.11 Å². The monoisotopic (exact) mass is 970 g/mol. The molecule has 0 aliphatic heterocycles. The second-order valence-corrected chi connectivity index (χ2v) is 18.7. The van der Waals surface area contributed by atoms with Crippen molar-refractivity contribution in [3.8, 4) is 67.5 Å². The topological polar surface area (TPSA) is 50.9 Å². The van der Waals surface area contributed by atoms with E-state index < -0.39 is 6.85 Å². The Bertz CT molecular complexity index is 2950. The fourth-order valence-corrected chi connectivity index (χ4v) is 7.69. The summed E-state index contributed by atoms with van der Waals surface area (Å²) in [7, 11) is 0. The quantitative estimate of drug-likeness (QED) is 0.169. The van der Waals surface area contributed by atoms with Gasteiger partial charge in [0.2, 0.25) is 0 Å². The van der Waals surface area contributed by atoms with Gasteiger partial charge in [0.15, 0.2) is 0 Å². The van der Waals surface area contributed by atoms with Crippen LogP contribution in [0.25, 0.3) is 72.7 Å². The summed E-state index contributed by atoms with van der Waals surface area (Å²) in [6.45, 7) is 17.8. The molecule has 2 aromatic heterocycles. The van der Waals surface area contributed by atoms with E-state index in [2.05, 4.69) is 146 Å². The first-order valence-electron chi connectivity index (χ1n) is 21.9. The number of nitrogens with zero attached hydrogens (tertiary/aromatic N) is 3. The summed E-state index contributed by atoms with van der Waals surface area (Å²) >= 11 is 0. The van der Waals surface area contributed by atoms with E-state index in [9.17, 15) is 5.11 Å². The second kappa shape index (κ2) is 16.1. The maximum absolute atomic E-state index is 11.5. The maximum Gasteiger partial charge on any atom is 0.148 e. The standard InChI is InChI=1S/C55H54N3O.Pt/c1-35-18-20-36(21-19-35)38-28-29-56-47(33-38)40-30-39(31-43(32-40)55(8,9)10)45-15-13-16-48-51(45)57-52(46-14-11-12-17-50(46)59)58(48)49-34-42(54(5,6)7)26-27-44(49)37-22-24-41(25-23-37)53(2,3)4;/h11-29,31-34,59H,1-10H3;/q-1;/i1D3;. The van der Waals surface area contributed by atoms with Crippen LogP contribution in [-0.4, -0.2) is 19.6 Å². The normalized spacial score (nSPS) is 13.1. The van der Waals surface area contributed by atoms with Gasteiger partial charge in [-0.2, -0.15) is 0 Å². The molecule has 0 radical (unpaired) electrons. The van der Waals surface area contributed by atoms with Gasteiger partial charge in [0.25, 0.3) is 0 Å². The SMILES string of the molecule is [2H]C([2H])([2H])c1ccc(-c2ccnc(-c3[c-]c(-c4cccc5c4nc(-c4ccccc4O)n5-c4cc(C(C)(C)C)ccc4-c4ccc(C(C)(C)C)cc4)cc(C(C)(C)C)c3)c2)cc1.[Pt]. The molecule has 0 bridgehead atoms. The predicted molar refractivity (Wildman–Crippen MR) is 247 cm³/mol. The Labute approximate surface area is 374 Å². The first-order valence-corrected chi connectivity index (χ1v) is 20.4. The smallest absolute Gasteiger partial charge is 0.148 e. The van der Waals surface area contributed by atoms with Gasteiger partial charge in [0.05, 0.1) is 22.3 Å². The average molecular weight is 971 g/mol. The molecule has 5 heteroatoms. The molecule has 8 aromatic rings. The van der Waals surface area contributed by atoms with Gasteiger partial charge in [-0.25, -0.2) is 4.98 Å². The molecular weight excluding hydrogens is 914 g/mol. The zero-order valence-electron chi connectivity index (χ0n) is 38.9. The minimum absolute atomic E-state index is 0. The van der Waals surface area contributed by atoms with Gasteiger partial charge in [0, 0.05) is 42.6 Å². The van der Waals surface area contributed by atoms with E-state index in [1.54, 1.807) is 24.4 Å². The van der Waals surface area contributed by atoms with Crippen LogP contribution >= 0.6 is 0 Å². The summed E-state index contributed by atoms with van der Waals surface area (Å²) < 4.78 is 25.7. The molecule has 0 spiro atoms. The van der Waals surface area contributed by atoms with Crippen molar-refractivity contribution >= 4 is 11.0 Å². The Kier molecular flexibility index (Phi) is 10.4. The van der Waals surface area contributed by atoms with Crippen LogP contribution in [-0.2, 0) is 37.3 Å². The zero-order chi connectivity index (χ0) is 44.4. The number of aryl methyl sites for hydroxylation is 1. The van der Waals surface area contributed by atoms with E-state index >= 15 is 0 Å². The largest absolute Gasteiger partial charge is 0.507 e. The molecule has 8 rings (SSSR count). The zero-order valence-corrected chi connectivity index (χ0v) is 38.2. The molecule has 0 fully saturated rings. The van der Waals surface area contributed by atoms with E-state index in [0.29, 0.717) is 17.0 Å². The molecule has 306 valence electrons. The summed E-state index contributed by atoms with van der Waals surface area (Å²) in [5.74, 6) is 0.784. The third-order valence-electron chi connectivity index (χ3n) is 11.3. The van der Waals surface area contributed by atoms with Crippen LogP contribution in [0.1, 0.15) is 88.7 Å². The van der Waals surface area contributed by atoms with Crippen LogP contribution in [0.2, 0.25) is 0 Å². The van der Waals surface area contributed by atoms with Crippen LogP contribution in [0.5, 0.6) is 5.75 Å². The van der Waals surface area contributed by atoms with Crippen molar-refractivity contribution in [3.05, 3.63) is 168 Å². The second-order valence-electron chi connectivity index (χ2n) is 18.7. The number of aromatic nitrogens is 3. The van der Waals surface area contributed by atoms with Gasteiger partial charge in [0.1, 0.15) is 11.6 Å². The van der Waals surface area contributed by atoms with Crippen molar-refractivity contribution in [3.63, 3.8) is 0 Å². The van der Waals surface area contributed by atoms with E-state index in [0.717, 1.165) is 66.9 Å². The number of imidazole rings is 1. The summed E-state index contributed by atoms with van der Waals surface area (Å²) in [6, 6.07) is 48.5. The Hall–Kier alpha value is -5.57. The molecular formula is C55H54N3OPt-. The molecule has 60 heavy (non-hydrogen) atoms. The fourth-order valence-electron chi connectivity index (χ4n) is 7.69. The Morgan fingerprint density at radius 2 is 1.20 bits per heavy atom. The van der Waals surface area contributed by atoms with Gasteiger partial charge in [-0.1, -0.05) is 170 Å². The van der Waals surface area contributed by atoms with Crippen molar-refractivity contribution in [1.29, 1.82) is 0 Å². The van der Waals surface area contributed by atoms with Crippen LogP contribution in [0.15, 0.2) is 140 Å². The number of phenols is 1. The molecule has 0 amide bonds. The van der Waals surface area contributed by atoms with Crippen molar-refractivity contribution < 1.29 is 30.3 Å². The Morgan fingerprint density at radius 1 is 0.567 bits per heavy atom. The molecule has 0 saturated heterocycles. The number of aromatic hydroxyl groups is 1. The number of benzene rings is 6. The van der Waals surface area contributed by atoms with Gasteiger partial charge in [-0.3, -0.25) is 9.55 Å². The van der Waals surface area contributed by atoms with E-state index in [1.807, 2.05) is 42.5 Å². The predicted octanol–water partition coefficient (Wildman–Crippen LogP) is 14.5. The van der Waals surface area contributed by atoms with E-state index in [4.69, 9.17) is 14.1 Å². The first-order chi connectivity index (χ1) is 29.2. The van der Waals surface area contributed by atoms with E-state index in [1.165, 1.54) is 11.1 Å². The molecule has 0 saturated carbocycles. The minimum atomic E-state index is -2.17. The van der Waals surface area contributed by atoms with Crippen molar-refractivity contribution in [2.75, 3.05) is 0 Å². The molecule has 2 heterocycles. The van der Waals surface area contributed by atoms with Crippen LogP contribution in [0.3, 0.4) is 0 Å². The number of hydrogen-bond donors (Lipinski definition) is 1. The molecule has 0 unspecified atom stereocenters. The molecule has 0 aliphatic rings. The third-order valence-corrected chi connectivity index (χ3v) is 11.3. The third kappa shape index (κ3) is 8.41. The maximum atomic E-state index is 11.5. The van der Waals surface area contributed by atoms with Crippen LogP contribution < -0.4 is 0 Å². The first kappa shape index (κ1) is 38.6. The Morgan fingerprint density at radius 3 is 1.87 bits per heavy atom. The molecule has 4 nitrogen and oxygen atoms in total. The molecule has 6 aromatic carbocycles. The summed E-state index contributed by atoms with van der Waals surface area (Å²) in [5, 5.41) is 11.5. The molecule has 0 aliphatic carbocycles. The average Bonchev–Trinajstić information content (AvgIpc) is 3.62. The van der Waals surface area contributed by atoms with E-state index in [-0.39, 0.29) is 43.1 Å². The van der Waals surface area contributed by atoms with Gasteiger partial charge in [-0.05, 0) is 81.2 Å². The number of rotatable bonds is 6. The summed E-state index contributed by atoms with van der Waals surface area (Å²) in [4.78, 5) is 10.3. The van der Waals surface area contributed by atoms with Crippen molar-refractivity contribution in [2.45, 2.75) is 85.4 Å². The number of para-hydroxylation sites is 2. The summed E-state index contributed by atoms with van der Waals surface area (Å²) in [6.07, 6.45) is 1.79. The Balaban J connectivity index is 0.00000595. The molecule has 0 atom stereocenters.